The number of hydrogen-bond donors (Lipinski definition) is 2. The Kier molecular flexibility index (Phi) is 5.18. The summed E-state index contributed by atoms with van der Waals surface area (Å²) in [6.07, 6.45) is -0.496. The van der Waals surface area contributed by atoms with Crippen molar-refractivity contribution in [2.24, 2.45) is 0 Å². The largest absolute Gasteiger partial charge is 0.387 e. The molecule has 3 aromatic rings. The van der Waals surface area contributed by atoms with Crippen molar-refractivity contribution in [3.05, 3.63) is 76.1 Å². The molecule has 3 nitrogen and oxygen atoms in total. The van der Waals surface area contributed by atoms with Crippen LogP contribution in [0.4, 0.5) is 0 Å². The highest BCUT2D eigenvalue weighted by molar-refractivity contribution is 7.09. The zero-order valence-corrected chi connectivity index (χ0v) is 13.9. The molecule has 0 amide bonds. The van der Waals surface area contributed by atoms with Crippen LogP contribution in [0.5, 0.6) is 0 Å². The van der Waals surface area contributed by atoms with E-state index in [9.17, 15) is 5.11 Å². The van der Waals surface area contributed by atoms with E-state index in [1.807, 2.05) is 49.4 Å². The minimum absolute atomic E-state index is 0.496. The topological polar surface area (TPSA) is 45.1 Å². The Morgan fingerprint density at radius 1 is 1.09 bits per heavy atom. The number of benzene rings is 2. The van der Waals surface area contributed by atoms with Crippen LogP contribution in [0.25, 0.3) is 11.3 Å². The van der Waals surface area contributed by atoms with Gasteiger partial charge in [0.25, 0.3) is 0 Å². The number of aryl methyl sites for hydroxylation is 1. The lowest BCUT2D eigenvalue weighted by atomic mass is 10.1. The Bertz CT molecular complexity index is 738. The molecular weight excluding hydrogens is 304 g/mol. The number of nitrogens with zero attached hydrogens (tertiary/aromatic N) is 1. The number of hydrogen-bond acceptors (Lipinski definition) is 4. The first-order chi connectivity index (χ1) is 11.2. The fourth-order valence-corrected chi connectivity index (χ4v) is 3.13. The molecule has 1 heterocycles. The van der Waals surface area contributed by atoms with Gasteiger partial charge in [-0.2, -0.15) is 0 Å². The first-order valence-corrected chi connectivity index (χ1v) is 8.55. The second-order valence-electron chi connectivity index (χ2n) is 5.55. The lowest BCUT2D eigenvalue weighted by Crippen LogP contribution is -2.21. The smallest absolute Gasteiger partial charge is 0.107 e. The van der Waals surface area contributed by atoms with E-state index < -0.39 is 6.10 Å². The molecule has 0 saturated carbocycles. The fourth-order valence-electron chi connectivity index (χ4n) is 2.36. The molecule has 0 saturated heterocycles. The predicted octanol–water partition coefficient (Wildman–Crippen LogP) is 3.94. The highest BCUT2D eigenvalue weighted by atomic mass is 32.1. The van der Waals surface area contributed by atoms with Gasteiger partial charge < -0.3 is 10.4 Å². The molecule has 0 aliphatic heterocycles. The Morgan fingerprint density at radius 3 is 2.57 bits per heavy atom. The maximum absolute atomic E-state index is 10.2. The van der Waals surface area contributed by atoms with Crippen molar-refractivity contribution in [1.29, 1.82) is 0 Å². The van der Waals surface area contributed by atoms with Gasteiger partial charge in [0.05, 0.1) is 11.8 Å². The van der Waals surface area contributed by atoms with Crippen molar-refractivity contribution < 1.29 is 5.11 Å². The van der Waals surface area contributed by atoms with Crippen molar-refractivity contribution in [2.45, 2.75) is 19.6 Å². The molecule has 1 atom stereocenters. The average molecular weight is 324 g/mol. The average Bonchev–Trinajstić information content (AvgIpc) is 3.05. The summed E-state index contributed by atoms with van der Waals surface area (Å²) in [5.41, 5.74) is 4.28. The summed E-state index contributed by atoms with van der Waals surface area (Å²) in [6, 6.07) is 18.1. The molecular formula is C19H20N2OS. The van der Waals surface area contributed by atoms with Crippen LogP contribution in [0.2, 0.25) is 0 Å². The summed E-state index contributed by atoms with van der Waals surface area (Å²) in [6.45, 7) is 3.23. The minimum atomic E-state index is -0.496. The van der Waals surface area contributed by atoms with E-state index in [4.69, 9.17) is 0 Å². The Labute approximate surface area is 140 Å². The summed E-state index contributed by atoms with van der Waals surface area (Å²) >= 11 is 1.64. The molecule has 1 aromatic heterocycles. The SMILES string of the molecule is Cc1ccc(C(O)CNCc2nc(-c3ccccc3)cs2)cc1. The monoisotopic (exact) mass is 324 g/mol. The van der Waals surface area contributed by atoms with Crippen molar-refractivity contribution in [3.63, 3.8) is 0 Å². The third-order valence-electron chi connectivity index (χ3n) is 3.70. The van der Waals surface area contributed by atoms with Crippen LogP contribution in [0.15, 0.2) is 60.0 Å². The summed E-state index contributed by atoms with van der Waals surface area (Å²) in [7, 11) is 0. The van der Waals surface area contributed by atoms with Gasteiger partial charge in [-0.15, -0.1) is 11.3 Å². The zero-order valence-electron chi connectivity index (χ0n) is 13.1. The van der Waals surface area contributed by atoms with E-state index in [2.05, 4.69) is 27.8 Å². The van der Waals surface area contributed by atoms with Crippen LogP contribution in [-0.4, -0.2) is 16.6 Å². The molecule has 0 radical (unpaired) electrons. The van der Waals surface area contributed by atoms with Crippen LogP contribution in [0.3, 0.4) is 0 Å². The molecule has 2 N–H and O–H groups in total. The van der Waals surface area contributed by atoms with Gasteiger partial charge in [0.15, 0.2) is 0 Å². The van der Waals surface area contributed by atoms with Gasteiger partial charge in [0, 0.05) is 24.0 Å². The van der Waals surface area contributed by atoms with E-state index in [1.165, 1.54) is 5.56 Å². The standard InChI is InChI=1S/C19H20N2OS/c1-14-7-9-16(10-8-14)18(22)11-20-12-19-21-17(13-23-19)15-5-3-2-4-6-15/h2-10,13,18,20,22H,11-12H2,1H3. The van der Waals surface area contributed by atoms with Gasteiger partial charge in [-0.25, -0.2) is 4.98 Å². The molecule has 0 bridgehead atoms. The van der Waals surface area contributed by atoms with Crippen molar-refractivity contribution in [3.8, 4) is 11.3 Å². The van der Waals surface area contributed by atoms with Crippen LogP contribution in [0.1, 0.15) is 22.2 Å². The minimum Gasteiger partial charge on any atom is -0.387 e. The normalized spacial score (nSPS) is 12.3. The Hall–Kier alpha value is -2.01. The molecule has 4 heteroatoms. The Balaban J connectivity index is 1.53. The number of aliphatic hydroxyl groups excluding tert-OH is 1. The zero-order chi connectivity index (χ0) is 16.1. The Morgan fingerprint density at radius 2 is 1.83 bits per heavy atom. The fraction of sp³-hybridized carbons (Fsp3) is 0.211. The molecule has 118 valence electrons. The van der Waals surface area contributed by atoms with Crippen molar-refractivity contribution in [2.75, 3.05) is 6.54 Å². The second-order valence-corrected chi connectivity index (χ2v) is 6.49. The maximum atomic E-state index is 10.2. The maximum Gasteiger partial charge on any atom is 0.107 e. The highest BCUT2D eigenvalue weighted by Crippen LogP contribution is 2.21. The molecule has 2 aromatic carbocycles. The number of thiazole rings is 1. The van der Waals surface area contributed by atoms with Gasteiger partial charge in [-0.1, -0.05) is 60.2 Å². The number of nitrogens with one attached hydrogen (secondary N) is 1. The highest BCUT2D eigenvalue weighted by Gasteiger charge is 2.08. The van der Waals surface area contributed by atoms with E-state index in [1.54, 1.807) is 11.3 Å². The molecule has 0 aliphatic carbocycles. The van der Waals surface area contributed by atoms with Gasteiger partial charge in [-0.05, 0) is 12.5 Å². The molecule has 3 rings (SSSR count). The lowest BCUT2D eigenvalue weighted by Gasteiger charge is -2.11. The van der Waals surface area contributed by atoms with Crippen LogP contribution in [-0.2, 0) is 6.54 Å². The van der Waals surface area contributed by atoms with E-state index >= 15 is 0 Å². The lowest BCUT2D eigenvalue weighted by molar-refractivity contribution is 0.174. The van der Waals surface area contributed by atoms with Crippen molar-refractivity contribution in [1.82, 2.24) is 10.3 Å². The summed E-state index contributed by atoms with van der Waals surface area (Å²) < 4.78 is 0. The van der Waals surface area contributed by atoms with Gasteiger partial charge in [0.2, 0.25) is 0 Å². The first kappa shape index (κ1) is 15.9. The molecule has 0 spiro atoms. The van der Waals surface area contributed by atoms with Crippen molar-refractivity contribution >= 4 is 11.3 Å². The van der Waals surface area contributed by atoms with Crippen LogP contribution >= 0.6 is 11.3 Å². The third-order valence-corrected chi connectivity index (χ3v) is 4.55. The molecule has 0 aliphatic rings. The quantitative estimate of drug-likeness (QED) is 0.722. The molecule has 23 heavy (non-hydrogen) atoms. The molecule has 0 fully saturated rings. The second kappa shape index (κ2) is 7.51. The van der Waals surface area contributed by atoms with Gasteiger partial charge in [-0.3, -0.25) is 0 Å². The van der Waals surface area contributed by atoms with Crippen LogP contribution < -0.4 is 5.32 Å². The van der Waals surface area contributed by atoms with E-state index in [-0.39, 0.29) is 0 Å². The summed E-state index contributed by atoms with van der Waals surface area (Å²) in [4.78, 5) is 4.64. The van der Waals surface area contributed by atoms with E-state index in [0.717, 1.165) is 21.8 Å². The summed E-state index contributed by atoms with van der Waals surface area (Å²) in [5.74, 6) is 0. The predicted molar refractivity (Wildman–Crippen MR) is 95.4 cm³/mol. The number of aliphatic hydroxyl groups is 1. The third kappa shape index (κ3) is 4.26. The van der Waals surface area contributed by atoms with E-state index in [0.29, 0.717) is 13.1 Å². The number of aromatic nitrogens is 1. The van der Waals surface area contributed by atoms with Gasteiger partial charge in [0.1, 0.15) is 5.01 Å². The number of rotatable bonds is 6. The summed E-state index contributed by atoms with van der Waals surface area (Å²) in [5, 5.41) is 16.6. The first-order valence-electron chi connectivity index (χ1n) is 7.67. The molecule has 1 unspecified atom stereocenters. The van der Waals surface area contributed by atoms with Crippen LogP contribution in [0, 0.1) is 6.92 Å². The van der Waals surface area contributed by atoms with Gasteiger partial charge >= 0.3 is 0 Å².